The monoisotopic (exact) mass is 206 g/mol. The molecule has 0 saturated heterocycles. The van der Waals surface area contributed by atoms with Gasteiger partial charge in [0, 0.05) is 6.61 Å². The van der Waals surface area contributed by atoms with Crippen molar-refractivity contribution in [1.82, 2.24) is 0 Å². The van der Waals surface area contributed by atoms with E-state index in [1.807, 2.05) is 18.2 Å². The minimum atomic E-state index is -0.0378. The molecule has 1 aliphatic rings. The fraction of sp³-hybridized carbons (Fsp3) is 0.538. The minimum absolute atomic E-state index is 0.0378. The molecule has 1 saturated carbocycles. The Morgan fingerprint density at radius 2 is 1.93 bits per heavy atom. The van der Waals surface area contributed by atoms with E-state index in [0.29, 0.717) is 12.5 Å². The Morgan fingerprint density at radius 1 is 1.20 bits per heavy atom. The van der Waals surface area contributed by atoms with Crippen LogP contribution in [0.3, 0.4) is 0 Å². The Bertz CT molecular complexity index is 278. The lowest BCUT2D eigenvalue weighted by molar-refractivity contribution is 0.0186. The molecule has 0 amide bonds. The first-order valence-electron chi connectivity index (χ1n) is 5.64. The second-order valence-electron chi connectivity index (χ2n) is 4.32. The van der Waals surface area contributed by atoms with E-state index in [0.717, 1.165) is 25.9 Å². The van der Waals surface area contributed by atoms with E-state index in [2.05, 4.69) is 12.1 Å². The lowest BCUT2D eigenvalue weighted by atomic mass is 9.80. The molecule has 2 heteroatoms. The molecule has 0 aliphatic heterocycles. The number of aliphatic hydroxyl groups is 1. The highest BCUT2D eigenvalue weighted by Crippen LogP contribution is 2.29. The van der Waals surface area contributed by atoms with Gasteiger partial charge in [-0.2, -0.15) is 0 Å². The van der Waals surface area contributed by atoms with Gasteiger partial charge in [-0.3, -0.25) is 0 Å². The molecule has 82 valence electrons. The Morgan fingerprint density at radius 3 is 2.60 bits per heavy atom. The van der Waals surface area contributed by atoms with Crippen LogP contribution in [0.1, 0.15) is 24.8 Å². The summed E-state index contributed by atoms with van der Waals surface area (Å²) in [7, 11) is 0. The third-order valence-electron chi connectivity index (χ3n) is 2.99. The number of hydrogen-bond donors (Lipinski definition) is 1. The first-order valence-corrected chi connectivity index (χ1v) is 5.64. The average molecular weight is 206 g/mol. The lowest BCUT2D eigenvalue weighted by Crippen LogP contribution is -2.29. The summed E-state index contributed by atoms with van der Waals surface area (Å²) in [6, 6.07) is 10.2. The molecule has 1 fully saturated rings. The normalized spacial score (nSPS) is 24.9. The van der Waals surface area contributed by atoms with Crippen LogP contribution >= 0.6 is 0 Å². The fourth-order valence-corrected chi connectivity index (χ4v) is 1.95. The van der Waals surface area contributed by atoms with Gasteiger partial charge in [-0.15, -0.1) is 0 Å². The summed E-state index contributed by atoms with van der Waals surface area (Å²) in [5.74, 6) is 0.691. The van der Waals surface area contributed by atoms with Crippen molar-refractivity contribution in [1.29, 1.82) is 0 Å². The lowest BCUT2D eigenvalue weighted by Gasteiger charge is -2.31. The highest BCUT2D eigenvalue weighted by Gasteiger charge is 2.26. The summed E-state index contributed by atoms with van der Waals surface area (Å²) in [6.07, 6.45) is 2.98. The maximum Gasteiger partial charge on any atom is 0.0716 e. The topological polar surface area (TPSA) is 29.5 Å². The molecule has 1 N–H and O–H groups in total. The van der Waals surface area contributed by atoms with Crippen LogP contribution < -0.4 is 0 Å². The SMILES string of the molecule is O[C@H]1C[C@@H](CCOCc2ccccc2)C1. The van der Waals surface area contributed by atoms with E-state index in [9.17, 15) is 0 Å². The van der Waals surface area contributed by atoms with Gasteiger partial charge in [-0.05, 0) is 30.7 Å². The predicted molar refractivity (Wildman–Crippen MR) is 59.4 cm³/mol. The van der Waals surface area contributed by atoms with Gasteiger partial charge in [-0.1, -0.05) is 30.3 Å². The number of benzene rings is 1. The van der Waals surface area contributed by atoms with Crippen molar-refractivity contribution >= 4 is 0 Å². The molecule has 0 radical (unpaired) electrons. The van der Waals surface area contributed by atoms with E-state index < -0.39 is 0 Å². The van der Waals surface area contributed by atoms with Crippen molar-refractivity contribution in [2.45, 2.75) is 32.0 Å². The molecule has 0 bridgehead atoms. The molecule has 2 nitrogen and oxygen atoms in total. The summed E-state index contributed by atoms with van der Waals surface area (Å²) >= 11 is 0. The summed E-state index contributed by atoms with van der Waals surface area (Å²) in [5.41, 5.74) is 1.23. The van der Waals surface area contributed by atoms with Gasteiger partial charge in [0.1, 0.15) is 0 Å². The Kier molecular flexibility index (Phi) is 3.75. The first-order chi connectivity index (χ1) is 7.34. The van der Waals surface area contributed by atoms with Crippen LogP contribution in [0.15, 0.2) is 30.3 Å². The maximum absolute atomic E-state index is 9.11. The highest BCUT2D eigenvalue weighted by atomic mass is 16.5. The van der Waals surface area contributed by atoms with Crippen molar-refractivity contribution in [3.05, 3.63) is 35.9 Å². The van der Waals surface area contributed by atoms with E-state index in [1.165, 1.54) is 5.56 Å². The molecule has 0 unspecified atom stereocenters. The quantitative estimate of drug-likeness (QED) is 0.749. The van der Waals surface area contributed by atoms with E-state index in [1.54, 1.807) is 0 Å². The summed E-state index contributed by atoms with van der Waals surface area (Å²) in [5, 5.41) is 9.11. The van der Waals surface area contributed by atoms with Crippen LogP contribution in [-0.2, 0) is 11.3 Å². The molecule has 0 spiro atoms. The zero-order valence-electron chi connectivity index (χ0n) is 8.93. The van der Waals surface area contributed by atoms with Gasteiger partial charge in [0.15, 0.2) is 0 Å². The molecule has 1 aliphatic carbocycles. The molecule has 1 aromatic carbocycles. The van der Waals surface area contributed by atoms with Gasteiger partial charge in [0.25, 0.3) is 0 Å². The first kappa shape index (κ1) is 10.7. The number of aliphatic hydroxyl groups excluding tert-OH is 1. The highest BCUT2D eigenvalue weighted by molar-refractivity contribution is 5.13. The molecule has 0 aromatic heterocycles. The van der Waals surface area contributed by atoms with Gasteiger partial charge in [-0.25, -0.2) is 0 Å². The molecular weight excluding hydrogens is 188 g/mol. The third-order valence-corrected chi connectivity index (χ3v) is 2.99. The molecule has 0 heterocycles. The van der Waals surface area contributed by atoms with Crippen LogP contribution in [-0.4, -0.2) is 17.8 Å². The zero-order valence-corrected chi connectivity index (χ0v) is 8.93. The van der Waals surface area contributed by atoms with Gasteiger partial charge in [0.2, 0.25) is 0 Å². The number of ether oxygens (including phenoxy) is 1. The van der Waals surface area contributed by atoms with E-state index in [-0.39, 0.29) is 6.10 Å². The van der Waals surface area contributed by atoms with E-state index in [4.69, 9.17) is 9.84 Å². The zero-order chi connectivity index (χ0) is 10.5. The molecule has 0 atom stereocenters. The number of hydrogen-bond acceptors (Lipinski definition) is 2. The van der Waals surface area contributed by atoms with Gasteiger partial charge in [0.05, 0.1) is 12.7 Å². The minimum Gasteiger partial charge on any atom is -0.393 e. The van der Waals surface area contributed by atoms with Gasteiger partial charge >= 0.3 is 0 Å². The van der Waals surface area contributed by atoms with Crippen molar-refractivity contribution in [2.75, 3.05) is 6.61 Å². The molecular formula is C13H18O2. The smallest absolute Gasteiger partial charge is 0.0716 e. The van der Waals surface area contributed by atoms with Crippen LogP contribution in [0.25, 0.3) is 0 Å². The van der Waals surface area contributed by atoms with Gasteiger partial charge < -0.3 is 9.84 Å². The maximum atomic E-state index is 9.11. The second kappa shape index (κ2) is 5.29. The van der Waals surface area contributed by atoms with Crippen LogP contribution in [0, 0.1) is 5.92 Å². The Hall–Kier alpha value is -0.860. The average Bonchev–Trinajstić information content (AvgIpc) is 2.23. The van der Waals surface area contributed by atoms with E-state index >= 15 is 0 Å². The standard InChI is InChI=1S/C13H18O2/c14-13-8-12(9-13)6-7-15-10-11-4-2-1-3-5-11/h1-5,12-14H,6-10H2/t12-,13+. The Labute approximate surface area is 90.9 Å². The summed E-state index contributed by atoms with van der Waals surface area (Å²) < 4.78 is 5.58. The van der Waals surface area contributed by atoms with Crippen molar-refractivity contribution in [2.24, 2.45) is 5.92 Å². The van der Waals surface area contributed by atoms with Crippen LogP contribution in [0.5, 0.6) is 0 Å². The van der Waals surface area contributed by atoms with Crippen molar-refractivity contribution in [3.8, 4) is 0 Å². The number of rotatable bonds is 5. The predicted octanol–water partition coefficient (Wildman–Crippen LogP) is 2.36. The second-order valence-corrected chi connectivity index (χ2v) is 4.32. The van der Waals surface area contributed by atoms with Crippen LogP contribution in [0.2, 0.25) is 0 Å². The molecule has 15 heavy (non-hydrogen) atoms. The summed E-state index contributed by atoms with van der Waals surface area (Å²) in [4.78, 5) is 0. The summed E-state index contributed by atoms with van der Waals surface area (Å²) in [6.45, 7) is 1.52. The third kappa shape index (κ3) is 3.33. The van der Waals surface area contributed by atoms with Crippen LogP contribution in [0.4, 0.5) is 0 Å². The largest absolute Gasteiger partial charge is 0.393 e. The van der Waals surface area contributed by atoms with Crippen molar-refractivity contribution < 1.29 is 9.84 Å². The molecule has 2 rings (SSSR count). The fourth-order valence-electron chi connectivity index (χ4n) is 1.95. The molecule has 1 aromatic rings. The van der Waals surface area contributed by atoms with Crippen molar-refractivity contribution in [3.63, 3.8) is 0 Å². The Balaban J connectivity index is 1.56.